The Hall–Kier alpha value is -3.26. The highest BCUT2D eigenvalue weighted by molar-refractivity contribution is 7.99. The van der Waals surface area contributed by atoms with Gasteiger partial charge in [0.15, 0.2) is 10.9 Å². The molecule has 0 spiro atoms. The quantitative estimate of drug-likeness (QED) is 0.464. The molecule has 1 aliphatic heterocycles. The number of hydrazone groups is 1. The monoisotopic (exact) mass is 406 g/mol. The average molecular weight is 406 g/mol. The van der Waals surface area contributed by atoms with Crippen molar-refractivity contribution in [3.05, 3.63) is 72.6 Å². The Balaban J connectivity index is 1.42. The topological polar surface area (TPSA) is 76.8 Å². The van der Waals surface area contributed by atoms with Gasteiger partial charge in [-0.1, -0.05) is 30.0 Å². The van der Waals surface area contributed by atoms with E-state index in [0.29, 0.717) is 17.9 Å². The number of carbonyl (C=O) groups excluding carboxylic acids is 1. The Kier molecular flexibility index (Phi) is 4.48. The largest absolute Gasteiger partial charge is 0.467 e. The van der Waals surface area contributed by atoms with E-state index in [1.807, 2.05) is 60.3 Å². The molecule has 0 radical (unpaired) electrons. The van der Waals surface area contributed by atoms with Crippen LogP contribution in [0.2, 0.25) is 0 Å². The predicted molar refractivity (Wildman–Crippen MR) is 110 cm³/mol. The van der Waals surface area contributed by atoms with Crippen LogP contribution in [-0.2, 0) is 11.8 Å². The second kappa shape index (κ2) is 7.29. The maximum absolute atomic E-state index is 13.0. The Bertz CT molecular complexity index is 1160. The Morgan fingerprint density at radius 3 is 2.93 bits per heavy atom. The average Bonchev–Trinajstić information content (AvgIpc) is 3.51. The van der Waals surface area contributed by atoms with Gasteiger partial charge < -0.3 is 13.4 Å². The Morgan fingerprint density at radius 2 is 2.17 bits per heavy atom. The van der Waals surface area contributed by atoms with E-state index in [-0.39, 0.29) is 17.7 Å². The highest BCUT2D eigenvalue weighted by Gasteiger charge is 2.36. The fourth-order valence-electron chi connectivity index (χ4n) is 3.40. The van der Waals surface area contributed by atoms with Gasteiger partial charge in [0.25, 0.3) is 5.91 Å². The maximum Gasteiger partial charge on any atom is 0.253 e. The molecule has 1 atom stereocenters. The summed E-state index contributed by atoms with van der Waals surface area (Å²) in [6.45, 7) is 0. The molecule has 3 aromatic heterocycles. The number of thioether (sulfide) groups is 1. The molecule has 0 bridgehead atoms. The minimum absolute atomic E-state index is 0.106. The number of aryl methyl sites for hydroxylation is 1. The van der Waals surface area contributed by atoms with Crippen molar-refractivity contribution in [1.29, 1.82) is 0 Å². The summed E-state index contributed by atoms with van der Waals surface area (Å²) in [7, 11) is 1.90. The molecule has 1 amide bonds. The van der Waals surface area contributed by atoms with E-state index < -0.39 is 0 Å². The number of hydrogen-bond donors (Lipinski definition) is 0. The summed E-state index contributed by atoms with van der Waals surface area (Å²) in [6, 6.07) is 13.2. The maximum atomic E-state index is 13.0. The number of benzene rings is 1. The Labute approximate surface area is 171 Å². The van der Waals surface area contributed by atoms with E-state index in [2.05, 4.69) is 10.1 Å². The van der Waals surface area contributed by atoms with Crippen LogP contribution >= 0.6 is 11.8 Å². The van der Waals surface area contributed by atoms with Crippen LogP contribution in [0.1, 0.15) is 24.0 Å². The van der Waals surface area contributed by atoms with Crippen LogP contribution in [-0.4, -0.2) is 31.9 Å². The van der Waals surface area contributed by atoms with E-state index in [1.54, 1.807) is 12.5 Å². The van der Waals surface area contributed by atoms with Gasteiger partial charge in [-0.2, -0.15) is 5.10 Å². The third-order valence-corrected chi connectivity index (χ3v) is 5.89. The smallest absolute Gasteiger partial charge is 0.253 e. The molecule has 146 valence electrons. The number of imidazole rings is 1. The molecule has 4 heterocycles. The normalized spacial score (nSPS) is 16.5. The van der Waals surface area contributed by atoms with E-state index in [9.17, 15) is 4.79 Å². The van der Waals surface area contributed by atoms with Crippen LogP contribution in [0, 0.1) is 0 Å². The standard InChI is InChI=1S/C21H18N4O3S/c1-24-9-8-22-21(24)29-13-20(26)25-16(18-7-4-10-27-18)12-15(23-25)19-11-14-5-2-3-6-17(14)28-19/h2-11,16H,12-13H2,1H3/t16-/m1/s1. The van der Waals surface area contributed by atoms with Gasteiger partial charge in [0.05, 0.1) is 12.0 Å². The first-order valence-corrected chi connectivity index (χ1v) is 10.2. The molecule has 0 fully saturated rings. The van der Waals surface area contributed by atoms with Crippen LogP contribution < -0.4 is 0 Å². The summed E-state index contributed by atoms with van der Waals surface area (Å²) in [5.74, 6) is 1.51. The van der Waals surface area contributed by atoms with Crippen molar-refractivity contribution in [2.24, 2.45) is 12.1 Å². The third-order valence-electron chi connectivity index (χ3n) is 4.85. The number of para-hydroxylation sites is 1. The molecule has 0 saturated carbocycles. The number of carbonyl (C=O) groups is 1. The molecule has 1 aliphatic rings. The van der Waals surface area contributed by atoms with Crippen LogP contribution in [0.15, 0.2) is 80.2 Å². The van der Waals surface area contributed by atoms with Gasteiger partial charge in [-0.05, 0) is 24.3 Å². The summed E-state index contributed by atoms with van der Waals surface area (Å²) in [5.41, 5.74) is 1.54. The molecule has 8 heteroatoms. The summed E-state index contributed by atoms with van der Waals surface area (Å²) < 4.78 is 13.4. The van der Waals surface area contributed by atoms with Gasteiger partial charge >= 0.3 is 0 Å². The summed E-state index contributed by atoms with van der Waals surface area (Å²) in [4.78, 5) is 17.3. The molecule has 7 nitrogen and oxygen atoms in total. The lowest BCUT2D eigenvalue weighted by Gasteiger charge is -2.19. The van der Waals surface area contributed by atoms with E-state index in [4.69, 9.17) is 8.83 Å². The van der Waals surface area contributed by atoms with Gasteiger partial charge in [0.1, 0.15) is 23.1 Å². The highest BCUT2D eigenvalue weighted by atomic mass is 32.2. The zero-order valence-corrected chi connectivity index (χ0v) is 16.5. The summed E-state index contributed by atoms with van der Waals surface area (Å²) >= 11 is 1.39. The molecule has 4 aromatic rings. The summed E-state index contributed by atoms with van der Waals surface area (Å²) in [5, 5.41) is 7.93. The van der Waals surface area contributed by atoms with Crippen molar-refractivity contribution in [3.63, 3.8) is 0 Å². The number of amides is 1. The van der Waals surface area contributed by atoms with Crippen molar-refractivity contribution >= 4 is 34.3 Å². The molecule has 0 saturated heterocycles. The SMILES string of the molecule is Cn1ccnc1SCC(=O)N1N=C(c2cc3ccccc3o2)C[C@@H]1c1ccco1. The van der Waals surface area contributed by atoms with Gasteiger partial charge in [-0.25, -0.2) is 9.99 Å². The lowest BCUT2D eigenvalue weighted by molar-refractivity contribution is -0.130. The second-order valence-corrected chi connectivity index (χ2v) is 7.72. The molecule has 5 rings (SSSR count). The van der Waals surface area contributed by atoms with Crippen molar-refractivity contribution in [3.8, 4) is 0 Å². The van der Waals surface area contributed by atoms with E-state index in [0.717, 1.165) is 21.8 Å². The lowest BCUT2D eigenvalue weighted by Crippen LogP contribution is -2.28. The van der Waals surface area contributed by atoms with Crippen molar-refractivity contribution in [2.75, 3.05) is 5.75 Å². The Morgan fingerprint density at radius 1 is 1.28 bits per heavy atom. The van der Waals surface area contributed by atoms with Gasteiger partial charge in [0, 0.05) is 31.2 Å². The molecule has 0 unspecified atom stereocenters. The fourth-order valence-corrected chi connectivity index (χ4v) is 4.18. The van der Waals surface area contributed by atoms with Crippen molar-refractivity contribution in [2.45, 2.75) is 17.6 Å². The van der Waals surface area contributed by atoms with Gasteiger partial charge in [-0.15, -0.1) is 0 Å². The first-order chi connectivity index (χ1) is 14.2. The van der Waals surface area contributed by atoms with E-state index >= 15 is 0 Å². The first-order valence-electron chi connectivity index (χ1n) is 9.21. The van der Waals surface area contributed by atoms with Crippen LogP contribution in [0.5, 0.6) is 0 Å². The zero-order chi connectivity index (χ0) is 19.8. The molecular formula is C21H18N4O3S. The second-order valence-electron chi connectivity index (χ2n) is 6.78. The van der Waals surface area contributed by atoms with Gasteiger partial charge in [-0.3, -0.25) is 4.79 Å². The van der Waals surface area contributed by atoms with Gasteiger partial charge in [0.2, 0.25) is 0 Å². The first kappa shape index (κ1) is 17.8. The van der Waals surface area contributed by atoms with Crippen LogP contribution in [0.3, 0.4) is 0 Å². The van der Waals surface area contributed by atoms with E-state index in [1.165, 1.54) is 16.8 Å². The minimum atomic E-state index is -0.289. The predicted octanol–water partition coefficient (Wildman–Crippen LogP) is 4.23. The van der Waals surface area contributed by atoms with Crippen molar-refractivity contribution < 1.29 is 13.6 Å². The minimum Gasteiger partial charge on any atom is -0.467 e. The lowest BCUT2D eigenvalue weighted by atomic mass is 10.1. The number of aromatic nitrogens is 2. The third kappa shape index (κ3) is 3.36. The summed E-state index contributed by atoms with van der Waals surface area (Å²) in [6.07, 6.45) is 5.71. The number of hydrogen-bond acceptors (Lipinski definition) is 6. The molecule has 0 N–H and O–H groups in total. The molecular weight excluding hydrogens is 388 g/mol. The number of fused-ring (bicyclic) bond motifs is 1. The highest BCUT2D eigenvalue weighted by Crippen LogP contribution is 2.35. The number of rotatable bonds is 5. The molecule has 1 aromatic carbocycles. The number of furan rings is 2. The molecule has 29 heavy (non-hydrogen) atoms. The van der Waals surface area contributed by atoms with Crippen LogP contribution in [0.4, 0.5) is 0 Å². The zero-order valence-electron chi connectivity index (χ0n) is 15.7. The van der Waals surface area contributed by atoms with Crippen LogP contribution in [0.25, 0.3) is 11.0 Å². The van der Waals surface area contributed by atoms with Crippen molar-refractivity contribution in [1.82, 2.24) is 14.6 Å². The molecule has 0 aliphatic carbocycles. The number of nitrogens with zero attached hydrogens (tertiary/aromatic N) is 4. The fraction of sp³-hybridized carbons (Fsp3) is 0.190.